The molecule has 2 unspecified atom stereocenters. The number of hydrogen-bond acceptors (Lipinski definition) is 2. The Morgan fingerprint density at radius 2 is 2.08 bits per heavy atom. The Balaban J connectivity index is 2.39. The van der Waals surface area contributed by atoms with Crippen molar-refractivity contribution in [3.63, 3.8) is 0 Å². The predicted molar refractivity (Wildman–Crippen MR) is 51.4 cm³/mol. The van der Waals surface area contributed by atoms with Crippen LogP contribution in [-0.4, -0.2) is 37.2 Å². The summed E-state index contributed by atoms with van der Waals surface area (Å²) in [4.78, 5) is 2.29. The van der Waals surface area contributed by atoms with Crippen LogP contribution in [0.5, 0.6) is 0 Å². The Morgan fingerprint density at radius 3 is 2.42 bits per heavy atom. The monoisotopic (exact) mass is 171 g/mol. The van der Waals surface area contributed by atoms with Crippen molar-refractivity contribution >= 4 is 0 Å². The highest BCUT2D eigenvalue weighted by molar-refractivity contribution is 4.98. The quantitative estimate of drug-likeness (QED) is 0.587. The summed E-state index contributed by atoms with van der Waals surface area (Å²) in [6, 6.07) is 0.609. The van der Waals surface area contributed by atoms with E-state index in [0.717, 1.165) is 6.61 Å². The summed E-state index contributed by atoms with van der Waals surface area (Å²) in [5, 5.41) is 0. The largest absolute Gasteiger partial charge is 0.368 e. The maximum absolute atomic E-state index is 5.47. The summed E-state index contributed by atoms with van der Waals surface area (Å²) in [5.74, 6) is 0. The highest BCUT2D eigenvalue weighted by Crippen LogP contribution is 2.34. The first-order chi connectivity index (χ1) is 5.60. The van der Waals surface area contributed by atoms with Gasteiger partial charge in [0, 0.05) is 6.04 Å². The minimum atomic E-state index is 0.165. The third kappa shape index (κ3) is 2.20. The molecule has 2 nitrogen and oxygen atoms in total. The molecule has 1 aliphatic rings. The molecule has 0 saturated carbocycles. The second-order valence-electron chi connectivity index (χ2n) is 4.22. The van der Waals surface area contributed by atoms with Gasteiger partial charge in [-0.1, -0.05) is 19.8 Å². The van der Waals surface area contributed by atoms with E-state index in [1.165, 1.54) is 19.3 Å². The smallest absolute Gasteiger partial charge is 0.104 e. The van der Waals surface area contributed by atoms with Gasteiger partial charge in [-0.05, 0) is 27.4 Å². The molecule has 12 heavy (non-hydrogen) atoms. The molecule has 1 aliphatic heterocycles. The fraction of sp³-hybridized carbons (Fsp3) is 1.00. The Hall–Kier alpha value is -0.0800. The van der Waals surface area contributed by atoms with Gasteiger partial charge in [-0.25, -0.2) is 0 Å². The van der Waals surface area contributed by atoms with Crippen molar-refractivity contribution in [1.82, 2.24) is 4.90 Å². The van der Waals surface area contributed by atoms with Gasteiger partial charge in [0.2, 0.25) is 0 Å². The highest BCUT2D eigenvalue weighted by Gasteiger charge is 2.47. The van der Waals surface area contributed by atoms with Crippen LogP contribution in [0.2, 0.25) is 0 Å². The van der Waals surface area contributed by atoms with E-state index in [2.05, 4.69) is 32.8 Å². The van der Waals surface area contributed by atoms with E-state index in [0.29, 0.717) is 6.04 Å². The molecule has 1 fully saturated rings. The molecule has 1 saturated heterocycles. The van der Waals surface area contributed by atoms with Crippen LogP contribution < -0.4 is 0 Å². The predicted octanol–water partition coefficient (Wildman–Crippen LogP) is 1.90. The normalized spacial score (nSPS) is 30.8. The molecule has 0 amide bonds. The average Bonchev–Trinajstić information content (AvgIpc) is 2.69. The second-order valence-corrected chi connectivity index (χ2v) is 4.22. The lowest BCUT2D eigenvalue weighted by molar-refractivity contribution is 0.155. The van der Waals surface area contributed by atoms with Crippen LogP contribution in [0.3, 0.4) is 0 Å². The van der Waals surface area contributed by atoms with E-state index in [1.807, 2.05) is 0 Å². The first-order valence-electron chi connectivity index (χ1n) is 4.90. The molecule has 0 N–H and O–H groups in total. The van der Waals surface area contributed by atoms with E-state index >= 15 is 0 Å². The standard InChI is InChI=1S/C10H21NO/c1-5-6-7-9(11(3)4)10(2)8-12-10/h9H,5-8H2,1-4H3. The number of ether oxygens (including phenoxy) is 1. The molecule has 1 heterocycles. The first-order valence-corrected chi connectivity index (χ1v) is 4.90. The van der Waals surface area contributed by atoms with Crippen LogP contribution in [0.15, 0.2) is 0 Å². The van der Waals surface area contributed by atoms with Crippen LogP contribution >= 0.6 is 0 Å². The number of unbranched alkanes of at least 4 members (excludes halogenated alkanes) is 1. The molecule has 0 aromatic heterocycles. The van der Waals surface area contributed by atoms with Crippen molar-refractivity contribution in [3.8, 4) is 0 Å². The Bertz CT molecular complexity index is 141. The number of rotatable bonds is 5. The molecule has 0 bridgehead atoms. The Kier molecular flexibility index (Phi) is 3.13. The van der Waals surface area contributed by atoms with Crippen molar-refractivity contribution in [2.75, 3.05) is 20.7 Å². The zero-order valence-electron chi connectivity index (χ0n) is 8.76. The maximum Gasteiger partial charge on any atom is 0.104 e. The van der Waals surface area contributed by atoms with Gasteiger partial charge in [0.25, 0.3) is 0 Å². The summed E-state index contributed by atoms with van der Waals surface area (Å²) in [6.07, 6.45) is 3.85. The lowest BCUT2D eigenvalue weighted by Crippen LogP contribution is -2.39. The number of likely N-dealkylation sites (N-methyl/N-ethyl adjacent to an activating group) is 1. The fourth-order valence-corrected chi connectivity index (χ4v) is 1.81. The van der Waals surface area contributed by atoms with Crippen LogP contribution in [-0.2, 0) is 4.74 Å². The molecule has 0 spiro atoms. The van der Waals surface area contributed by atoms with Crippen molar-refractivity contribution < 1.29 is 4.74 Å². The lowest BCUT2D eigenvalue weighted by atomic mass is 9.96. The molecule has 0 aliphatic carbocycles. The van der Waals surface area contributed by atoms with Gasteiger partial charge in [0.15, 0.2) is 0 Å². The van der Waals surface area contributed by atoms with Crippen molar-refractivity contribution in [3.05, 3.63) is 0 Å². The highest BCUT2D eigenvalue weighted by atomic mass is 16.6. The SMILES string of the molecule is CCCCC(N(C)C)C1(C)CO1. The fourth-order valence-electron chi connectivity index (χ4n) is 1.81. The third-order valence-electron chi connectivity index (χ3n) is 2.76. The van der Waals surface area contributed by atoms with Gasteiger partial charge in [-0.15, -0.1) is 0 Å². The molecular weight excluding hydrogens is 150 g/mol. The molecule has 2 atom stereocenters. The second kappa shape index (κ2) is 3.75. The van der Waals surface area contributed by atoms with Crippen molar-refractivity contribution in [1.29, 1.82) is 0 Å². The van der Waals surface area contributed by atoms with Crippen LogP contribution in [0.25, 0.3) is 0 Å². The van der Waals surface area contributed by atoms with Crippen molar-refractivity contribution in [2.45, 2.75) is 44.8 Å². The summed E-state index contributed by atoms with van der Waals surface area (Å²) in [7, 11) is 4.29. The van der Waals surface area contributed by atoms with E-state index in [1.54, 1.807) is 0 Å². The summed E-state index contributed by atoms with van der Waals surface area (Å²) in [5.41, 5.74) is 0.165. The molecule has 0 aromatic rings. The lowest BCUT2D eigenvalue weighted by Gasteiger charge is -2.27. The van der Waals surface area contributed by atoms with Crippen LogP contribution in [0.4, 0.5) is 0 Å². The summed E-state index contributed by atoms with van der Waals surface area (Å²) < 4.78 is 5.47. The van der Waals surface area contributed by atoms with Gasteiger partial charge in [-0.3, -0.25) is 0 Å². The van der Waals surface area contributed by atoms with Crippen LogP contribution in [0.1, 0.15) is 33.1 Å². The molecule has 1 rings (SSSR count). The minimum Gasteiger partial charge on any atom is -0.368 e. The van der Waals surface area contributed by atoms with Gasteiger partial charge in [0.1, 0.15) is 5.60 Å². The third-order valence-corrected chi connectivity index (χ3v) is 2.76. The van der Waals surface area contributed by atoms with Crippen molar-refractivity contribution in [2.24, 2.45) is 0 Å². The molecular formula is C10H21NO. The van der Waals surface area contributed by atoms with Crippen LogP contribution in [0, 0.1) is 0 Å². The van der Waals surface area contributed by atoms with Gasteiger partial charge in [-0.2, -0.15) is 0 Å². The number of nitrogens with zero attached hydrogens (tertiary/aromatic N) is 1. The molecule has 2 heteroatoms. The van der Waals surface area contributed by atoms with Gasteiger partial charge >= 0.3 is 0 Å². The topological polar surface area (TPSA) is 15.8 Å². The molecule has 0 aromatic carbocycles. The number of epoxide rings is 1. The maximum atomic E-state index is 5.47. The van der Waals surface area contributed by atoms with Gasteiger partial charge < -0.3 is 9.64 Å². The van der Waals surface area contributed by atoms with Gasteiger partial charge in [0.05, 0.1) is 6.61 Å². The van der Waals surface area contributed by atoms with E-state index in [9.17, 15) is 0 Å². The first kappa shape index (κ1) is 10.0. The number of hydrogen-bond donors (Lipinski definition) is 0. The van der Waals surface area contributed by atoms with E-state index in [-0.39, 0.29) is 5.60 Å². The average molecular weight is 171 g/mol. The molecule has 0 radical (unpaired) electrons. The van der Waals surface area contributed by atoms with E-state index in [4.69, 9.17) is 4.74 Å². The molecule has 72 valence electrons. The Morgan fingerprint density at radius 1 is 1.50 bits per heavy atom. The summed E-state index contributed by atoms with van der Waals surface area (Å²) in [6.45, 7) is 5.40. The zero-order chi connectivity index (χ0) is 9.19. The summed E-state index contributed by atoms with van der Waals surface area (Å²) >= 11 is 0. The minimum absolute atomic E-state index is 0.165. The Labute approximate surface area is 75.9 Å². The van der Waals surface area contributed by atoms with E-state index < -0.39 is 0 Å². The zero-order valence-corrected chi connectivity index (χ0v) is 8.76.